The van der Waals surface area contributed by atoms with Gasteiger partial charge in [-0.25, -0.2) is 8.42 Å². The highest BCUT2D eigenvalue weighted by molar-refractivity contribution is 7.92. The van der Waals surface area contributed by atoms with Crippen molar-refractivity contribution in [2.75, 3.05) is 10.5 Å². The number of rotatable bonds is 11. The summed E-state index contributed by atoms with van der Waals surface area (Å²) in [5.41, 5.74) is 6.00. The monoisotopic (exact) mass is 435 g/mol. The summed E-state index contributed by atoms with van der Waals surface area (Å²) >= 11 is 0. The lowest BCUT2D eigenvalue weighted by atomic mass is 9.99. The molecule has 31 heavy (non-hydrogen) atoms. The largest absolute Gasteiger partial charge is 0.283 e. The Bertz CT molecular complexity index is 1060. The van der Waals surface area contributed by atoms with Gasteiger partial charge in [0.2, 0.25) is 10.0 Å². The molecule has 0 aromatic heterocycles. The molecule has 0 amide bonds. The Hall–Kier alpha value is -2.59. The zero-order valence-corrected chi connectivity index (χ0v) is 19.4. The minimum atomic E-state index is -3.34. The summed E-state index contributed by atoms with van der Waals surface area (Å²) in [6.45, 7) is 4.12. The third-order valence-electron chi connectivity index (χ3n) is 5.60. The van der Waals surface area contributed by atoms with Crippen LogP contribution in [0.3, 0.4) is 0 Å². The standard InChI is InChI=1S/C27H33NO2S/c1-3-4-5-6-7-11-20-31(29,30)28-27-21-26(15-14-22(27)2)25-18-16-24(17-19-25)23-12-9-8-10-13-23/h8-10,12-19,21,28H,3-7,11,20H2,1-2H3. The highest BCUT2D eigenvalue weighted by Crippen LogP contribution is 2.28. The minimum absolute atomic E-state index is 0.175. The van der Waals surface area contributed by atoms with E-state index < -0.39 is 10.0 Å². The Morgan fingerprint density at radius 1 is 0.677 bits per heavy atom. The molecule has 0 unspecified atom stereocenters. The Morgan fingerprint density at radius 3 is 1.90 bits per heavy atom. The molecule has 0 radical (unpaired) electrons. The molecule has 0 fully saturated rings. The van der Waals surface area contributed by atoms with Crippen molar-refractivity contribution in [1.29, 1.82) is 0 Å². The molecule has 0 saturated carbocycles. The summed E-state index contributed by atoms with van der Waals surface area (Å²) in [5, 5.41) is 0. The molecule has 0 aliphatic rings. The lowest BCUT2D eigenvalue weighted by Crippen LogP contribution is -2.17. The lowest BCUT2D eigenvalue weighted by molar-refractivity contribution is 0.588. The number of anilines is 1. The van der Waals surface area contributed by atoms with Gasteiger partial charge in [-0.2, -0.15) is 0 Å². The molecule has 4 heteroatoms. The van der Waals surface area contributed by atoms with Crippen molar-refractivity contribution in [2.45, 2.75) is 52.4 Å². The summed E-state index contributed by atoms with van der Waals surface area (Å²) in [7, 11) is -3.34. The Labute approximate surface area is 187 Å². The van der Waals surface area contributed by atoms with E-state index in [2.05, 4.69) is 48.0 Å². The molecule has 3 rings (SSSR count). The van der Waals surface area contributed by atoms with Gasteiger partial charge in [0.1, 0.15) is 0 Å². The first-order valence-electron chi connectivity index (χ1n) is 11.3. The van der Waals surface area contributed by atoms with E-state index in [0.29, 0.717) is 12.1 Å². The fourth-order valence-corrected chi connectivity index (χ4v) is 4.93. The predicted molar refractivity (Wildman–Crippen MR) is 133 cm³/mol. The summed E-state index contributed by atoms with van der Waals surface area (Å²) in [6.07, 6.45) is 6.39. The van der Waals surface area contributed by atoms with Crippen molar-refractivity contribution in [3.63, 3.8) is 0 Å². The molecular weight excluding hydrogens is 402 g/mol. The van der Waals surface area contributed by atoms with Gasteiger partial charge >= 0.3 is 0 Å². The minimum Gasteiger partial charge on any atom is -0.283 e. The van der Waals surface area contributed by atoms with Crippen LogP contribution < -0.4 is 4.72 Å². The van der Waals surface area contributed by atoms with Crippen LogP contribution in [0.25, 0.3) is 22.3 Å². The SMILES string of the molecule is CCCCCCCCS(=O)(=O)Nc1cc(-c2ccc(-c3ccccc3)cc2)ccc1C. The normalized spacial score (nSPS) is 11.4. The molecule has 0 heterocycles. The molecule has 0 atom stereocenters. The zero-order chi connectivity index (χ0) is 22.1. The van der Waals surface area contributed by atoms with Crippen LogP contribution in [0.15, 0.2) is 72.8 Å². The van der Waals surface area contributed by atoms with Crippen molar-refractivity contribution in [1.82, 2.24) is 0 Å². The predicted octanol–water partition coefficient (Wildman–Crippen LogP) is 7.43. The quantitative estimate of drug-likeness (QED) is 0.318. The zero-order valence-electron chi connectivity index (χ0n) is 18.6. The molecule has 164 valence electrons. The van der Waals surface area contributed by atoms with Gasteiger partial charge in [-0.05, 0) is 47.2 Å². The smallest absolute Gasteiger partial charge is 0.232 e. The van der Waals surface area contributed by atoms with E-state index in [4.69, 9.17) is 0 Å². The van der Waals surface area contributed by atoms with Gasteiger partial charge in [-0.15, -0.1) is 0 Å². The molecule has 0 aliphatic carbocycles. The average molecular weight is 436 g/mol. The molecule has 1 N–H and O–H groups in total. The Kier molecular flexibility index (Phi) is 8.30. The molecule has 3 nitrogen and oxygen atoms in total. The number of benzene rings is 3. The van der Waals surface area contributed by atoms with Crippen LogP contribution >= 0.6 is 0 Å². The fourth-order valence-electron chi connectivity index (χ4n) is 3.69. The number of sulfonamides is 1. The third kappa shape index (κ3) is 6.96. The molecule has 0 bridgehead atoms. The topological polar surface area (TPSA) is 46.2 Å². The summed E-state index contributed by atoms with van der Waals surface area (Å²) in [5.74, 6) is 0.175. The number of nitrogens with one attached hydrogen (secondary N) is 1. The maximum atomic E-state index is 12.6. The van der Waals surface area contributed by atoms with Gasteiger partial charge in [0.25, 0.3) is 0 Å². The van der Waals surface area contributed by atoms with Gasteiger partial charge in [-0.3, -0.25) is 4.72 Å². The highest BCUT2D eigenvalue weighted by Gasteiger charge is 2.13. The van der Waals surface area contributed by atoms with Crippen molar-refractivity contribution < 1.29 is 8.42 Å². The van der Waals surface area contributed by atoms with Gasteiger partial charge in [0, 0.05) is 0 Å². The van der Waals surface area contributed by atoms with Crippen LogP contribution in [0, 0.1) is 6.92 Å². The first-order valence-corrected chi connectivity index (χ1v) is 12.9. The maximum absolute atomic E-state index is 12.6. The van der Waals surface area contributed by atoms with E-state index in [0.717, 1.165) is 35.1 Å². The number of unbranched alkanes of at least 4 members (excludes halogenated alkanes) is 5. The molecule has 3 aromatic carbocycles. The summed E-state index contributed by atoms with van der Waals surface area (Å²) in [6, 6.07) is 24.6. The molecule has 0 spiro atoms. The number of aryl methyl sites for hydroxylation is 1. The van der Waals surface area contributed by atoms with E-state index in [1.165, 1.54) is 24.8 Å². The molecule has 0 saturated heterocycles. The van der Waals surface area contributed by atoms with Crippen LogP contribution in [0.4, 0.5) is 5.69 Å². The molecular formula is C27H33NO2S. The number of hydrogen-bond acceptors (Lipinski definition) is 2. The third-order valence-corrected chi connectivity index (χ3v) is 6.95. The van der Waals surface area contributed by atoms with E-state index in [9.17, 15) is 8.42 Å². The van der Waals surface area contributed by atoms with E-state index >= 15 is 0 Å². The van der Waals surface area contributed by atoms with Crippen molar-refractivity contribution in [3.8, 4) is 22.3 Å². The first-order chi connectivity index (χ1) is 15.0. The maximum Gasteiger partial charge on any atom is 0.232 e. The van der Waals surface area contributed by atoms with Crippen molar-refractivity contribution in [2.24, 2.45) is 0 Å². The summed E-state index contributed by atoms with van der Waals surface area (Å²) < 4.78 is 28.0. The van der Waals surface area contributed by atoms with E-state index in [-0.39, 0.29) is 5.75 Å². The van der Waals surface area contributed by atoms with Crippen LogP contribution in [0.2, 0.25) is 0 Å². The second-order valence-electron chi connectivity index (χ2n) is 8.16. The first kappa shape index (κ1) is 23.1. The van der Waals surface area contributed by atoms with E-state index in [1.807, 2.05) is 43.3 Å². The van der Waals surface area contributed by atoms with Crippen LogP contribution in [0.1, 0.15) is 51.0 Å². The van der Waals surface area contributed by atoms with Gasteiger partial charge in [0.05, 0.1) is 11.4 Å². The van der Waals surface area contributed by atoms with Gasteiger partial charge in [0.15, 0.2) is 0 Å². The van der Waals surface area contributed by atoms with Crippen molar-refractivity contribution in [3.05, 3.63) is 78.4 Å². The fraction of sp³-hybridized carbons (Fsp3) is 0.333. The van der Waals surface area contributed by atoms with Crippen molar-refractivity contribution >= 4 is 15.7 Å². The lowest BCUT2D eigenvalue weighted by Gasteiger charge is -2.13. The highest BCUT2D eigenvalue weighted by atomic mass is 32.2. The van der Waals surface area contributed by atoms with Crippen LogP contribution in [0.5, 0.6) is 0 Å². The second kappa shape index (κ2) is 11.1. The second-order valence-corrected chi connectivity index (χ2v) is 10.0. The Morgan fingerprint density at radius 2 is 1.23 bits per heavy atom. The van der Waals surface area contributed by atoms with Crippen LogP contribution in [-0.4, -0.2) is 14.2 Å². The molecule has 0 aliphatic heterocycles. The van der Waals surface area contributed by atoms with Gasteiger partial charge in [-0.1, -0.05) is 106 Å². The van der Waals surface area contributed by atoms with E-state index in [1.54, 1.807) is 0 Å². The Balaban J connectivity index is 1.67. The average Bonchev–Trinajstić information content (AvgIpc) is 2.78. The van der Waals surface area contributed by atoms with Crippen LogP contribution in [-0.2, 0) is 10.0 Å². The molecule has 3 aromatic rings. The van der Waals surface area contributed by atoms with Gasteiger partial charge < -0.3 is 0 Å². The number of hydrogen-bond donors (Lipinski definition) is 1. The summed E-state index contributed by atoms with van der Waals surface area (Å²) in [4.78, 5) is 0.